The van der Waals surface area contributed by atoms with E-state index in [1.54, 1.807) is 25.2 Å². The fourth-order valence-electron chi connectivity index (χ4n) is 0.630. The summed E-state index contributed by atoms with van der Waals surface area (Å²) in [6, 6.07) is 0. The maximum atomic E-state index is 10.6. The summed E-state index contributed by atoms with van der Waals surface area (Å²) in [4.78, 5) is 10.6. The van der Waals surface area contributed by atoms with Crippen LogP contribution in [0.2, 0.25) is 0 Å². The van der Waals surface area contributed by atoms with Crippen LogP contribution in [0.4, 0.5) is 0 Å². The van der Waals surface area contributed by atoms with E-state index in [2.05, 4.69) is 13.2 Å². The topological polar surface area (TPSA) is 52.3 Å². The number of allylic oxidation sites excluding steroid dienone is 2. The van der Waals surface area contributed by atoms with Gasteiger partial charge in [0.25, 0.3) is 0 Å². The minimum Gasteiger partial charge on any atom is -0.367 e. The summed E-state index contributed by atoms with van der Waals surface area (Å²) in [5.41, 5.74) is 5.87. The number of nitrogens with two attached hydrogens (primary N) is 1. The third-order valence-corrected chi connectivity index (χ3v) is 1.49. The molecule has 0 aromatic heterocycles. The average molecular weight is 211 g/mol. The van der Waals surface area contributed by atoms with Crippen LogP contribution < -0.4 is 5.73 Å². The number of amides is 1. The first-order valence-corrected chi connectivity index (χ1v) is 4.96. The van der Waals surface area contributed by atoms with Gasteiger partial charge < -0.3 is 10.5 Å². The number of hydrogen-bond acceptors (Lipinski definition) is 2. The molecule has 0 aromatic rings. The van der Waals surface area contributed by atoms with Crippen LogP contribution in [-0.2, 0) is 9.53 Å². The molecule has 0 aliphatic heterocycles. The SMILES string of the molecule is C=C/C=C(\C=C)COC(C)C(N)=O.CC. The first-order chi connectivity index (χ1) is 7.11. The quantitative estimate of drug-likeness (QED) is 0.685. The van der Waals surface area contributed by atoms with Gasteiger partial charge in [0.05, 0.1) is 6.61 Å². The Bertz CT molecular complexity index is 232. The van der Waals surface area contributed by atoms with E-state index in [1.165, 1.54) is 0 Å². The first-order valence-electron chi connectivity index (χ1n) is 4.96. The van der Waals surface area contributed by atoms with Crippen LogP contribution in [0.5, 0.6) is 0 Å². The van der Waals surface area contributed by atoms with E-state index in [0.717, 1.165) is 5.57 Å². The summed E-state index contributed by atoms with van der Waals surface area (Å²) in [5.74, 6) is -0.470. The Balaban J connectivity index is 0. The largest absolute Gasteiger partial charge is 0.367 e. The van der Waals surface area contributed by atoms with Gasteiger partial charge in [0.2, 0.25) is 5.91 Å². The van der Waals surface area contributed by atoms with E-state index in [4.69, 9.17) is 10.5 Å². The third kappa shape index (κ3) is 8.97. The Labute approximate surface area is 92.3 Å². The van der Waals surface area contributed by atoms with Crippen molar-refractivity contribution in [1.82, 2.24) is 0 Å². The van der Waals surface area contributed by atoms with Gasteiger partial charge in [-0.25, -0.2) is 0 Å². The van der Waals surface area contributed by atoms with Crippen LogP contribution in [0.15, 0.2) is 37.0 Å². The van der Waals surface area contributed by atoms with Crippen molar-refractivity contribution in [2.75, 3.05) is 6.61 Å². The molecule has 0 aromatic carbocycles. The number of carbonyl (C=O) groups is 1. The van der Waals surface area contributed by atoms with Gasteiger partial charge in [0.1, 0.15) is 6.10 Å². The molecule has 86 valence electrons. The van der Waals surface area contributed by atoms with Crippen molar-refractivity contribution in [3.8, 4) is 0 Å². The van der Waals surface area contributed by atoms with Gasteiger partial charge in [-0.1, -0.05) is 45.2 Å². The Morgan fingerprint density at radius 3 is 2.33 bits per heavy atom. The van der Waals surface area contributed by atoms with Crippen molar-refractivity contribution in [2.45, 2.75) is 26.9 Å². The molecule has 1 atom stereocenters. The summed E-state index contributed by atoms with van der Waals surface area (Å²) in [7, 11) is 0. The summed E-state index contributed by atoms with van der Waals surface area (Å²) in [5, 5.41) is 0. The molecule has 0 bridgehead atoms. The van der Waals surface area contributed by atoms with Crippen LogP contribution in [0.1, 0.15) is 20.8 Å². The van der Waals surface area contributed by atoms with E-state index in [1.807, 2.05) is 13.8 Å². The van der Waals surface area contributed by atoms with Gasteiger partial charge in [0.15, 0.2) is 0 Å². The molecule has 0 radical (unpaired) electrons. The molecule has 3 heteroatoms. The zero-order valence-electron chi connectivity index (χ0n) is 9.82. The van der Waals surface area contributed by atoms with Crippen molar-refractivity contribution in [3.63, 3.8) is 0 Å². The molecule has 0 fully saturated rings. The van der Waals surface area contributed by atoms with E-state index in [-0.39, 0.29) is 0 Å². The molecule has 1 amide bonds. The Morgan fingerprint density at radius 2 is 2.00 bits per heavy atom. The van der Waals surface area contributed by atoms with Crippen LogP contribution in [0, 0.1) is 0 Å². The fourth-order valence-corrected chi connectivity index (χ4v) is 0.630. The highest BCUT2D eigenvalue weighted by Gasteiger charge is 2.07. The minimum absolute atomic E-state index is 0.319. The lowest BCUT2D eigenvalue weighted by Crippen LogP contribution is -2.28. The van der Waals surface area contributed by atoms with Crippen molar-refractivity contribution in [3.05, 3.63) is 37.0 Å². The predicted octanol–water partition coefficient (Wildman–Crippen LogP) is 2.20. The van der Waals surface area contributed by atoms with Crippen LogP contribution in [-0.4, -0.2) is 18.6 Å². The second-order valence-corrected chi connectivity index (χ2v) is 2.54. The number of rotatable bonds is 6. The smallest absolute Gasteiger partial charge is 0.246 e. The maximum absolute atomic E-state index is 10.6. The predicted molar refractivity (Wildman–Crippen MR) is 64.4 cm³/mol. The molecule has 0 saturated carbocycles. The highest BCUT2D eigenvalue weighted by molar-refractivity contribution is 5.78. The van der Waals surface area contributed by atoms with Crippen LogP contribution in [0.25, 0.3) is 0 Å². The molecule has 15 heavy (non-hydrogen) atoms. The summed E-state index contributed by atoms with van der Waals surface area (Å²) >= 11 is 0. The van der Waals surface area contributed by atoms with Gasteiger partial charge >= 0.3 is 0 Å². The zero-order valence-corrected chi connectivity index (χ0v) is 9.82. The lowest BCUT2D eigenvalue weighted by Gasteiger charge is -2.08. The molecule has 0 rings (SSSR count). The molecule has 0 aliphatic rings. The normalized spacial score (nSPS) is 12.1. The second kappa shape index (κ2) is 10.7. The van der Waals surface area contributed by atoms with E-state index in [0.29, 0.717) is 6.61 Å². The molecule has 0 spiro atoms. The minimum atomic E-state index is -0.576. The summed E-state index contributed by atoms with van der Waals surface area (Å²) in [6.07, 6.45) is 4.47. The second-order valence-electron chi connectivity index (χ2n) is 2.54. The zero-order chi connectivity index (χ0) is 12.3. The highest BCUT2D eigenvalue weighted by Crippen LogP contribution is 1.99. The Morgan fingerprint density at radius 1 is 1.47 bits per heavy atom. The van der Waals surface area contributed by atoms with Crippen molar-refractivity contribution in [1.29, 1.82) is 0 Å². The molecule has 2 N–H and O–H groups in total. The molecule has 0 heterocycles. The third-order valence-electron chi connectivity index (χ3n) is 1.49. The van der Waals surface area contributed by atoms with Crippen molar-refractivity contribution < 1.29 is 9.53 Å². The van der Waals surface area contributed by atoms with E-state index < -0.39 is 12.0 Å². The lowest BCUT2D eigenvalue weighted by molar-refractivity contribution is -0.127. The number of ether oxygens (including phenoxy) is 1. The lowest BCUT2D eigenvalue weighted by atomic mass is 10.2. The number of carbonyl (C=O) groups excluding carboxylic acids is 1. The van der Waals surface area contributed by atoms with Gasteiger partial charge in [-0.3, -0.25) is 4.79 Å². The molecular formula is C12H21NO2. The summed E-state index contributed by atoms with van der Waals surface area (Å²) in [6.45, 7) is 13.1. The van der Waals surface area contributed by atoms with Gasteiger partial charge in [0, 0.05) is 0 Å². The highest BCUT2D eigenvalue weighted by atomic mass is 16.5. The van der Waals surface area contributed by atoms with Gasteiger partial charge in [-0.15, -0.1) is 0 Å². The van der Waals surface area contributed by atoms with Crippen LogP contribution in [0.3, 0.4) is 0 Å². The fraction of sp³-hybridized carbons (Fsp3) is 0.417. The van der Waals surface area contributed by atoms with E-state index >= 15 is 0 Å². The van der Waals surface area contributed by atoms with Crippen molar-refractivity contribution >= 4 is 5.91 Å². The van der Waals surface area contributed by atoms with Gasteiger partial charge in [-0.2, -0.15) is 0 Å². The van der Waals surface area contributed by atoms with Gasteiger partial charge in [-0.05, 0) is 12.5 Å². The molecular weight excluding hydrogens is 190 g/mol. The number of hydrogen-bond donors (Lipinski definition) is 1. The first kappa shape index (κ1) is 16.1. The molecule has 0 aliphatic carbocycles. The Hall–Kier alpha value is -1.35. The van der Waals surface area contributed by atoms with Crippen molar-refractivity contribution in [2.24, 2.45) is 5.73 Å². The summed E-state index contributed by atoms with van der Waals surface area (Å²) < 4.78 is 5.15. The van der Waals surface area contributed by atoms with E-state index in [9.17, 15) is 4.79 Å². The molecule has 0 saturated heterocycles. The monoisotopic (exact) mass is 211 g/mol. The molecule has 1 unspecified atom stereocenters. The average Bonchev–Trinajstić information content (AvgIpc) is 2.26. The Kier molecular flexibility index (Phi) is 11.5. The number of primary amides is 1. The standard InChI is InChI=1S/C10H15NO2.C2H6/c1-4-6-9(5-2)7-13-8(3)10(11)12;1-2/h4-6,8H,1-2,7H2,3H3,(H2,11,12);1-2H3/b9-6+;. The maximum Gasteiger partial charge on any atom is 0.246 e. The van der Waals surface area contributed by atoms with Crippen LogP contribution >= 0.6 is 0 Å². The molecule has 3 nitrogen and oxygen atoms in total.